The molecule has 0 aromatic carbocycles. The van der Waals surface area contributed by atoms with E-state index in [2.05, 4.69) is 39.0 Å². The molecule has 1 atom stereocenters. The van der Waals surface area contributed by atoms with E-state index >= 15 is 0 Å². The van der Waals surface area contributed by atoms with Crippen molar-refractivity contribution in [2.45, 2.75) is 47.1 Å². The first-order valence-electron chi connectivity index (χ1n) is 7.16. The molecule has 0 radical (unpaired) electrons. The molecular formula is C16H24FO3PS. The van der Waals surface area contributed by atoms with Gasteiger partial charge in [0.2, 0.25) is 0 Å². The second kappa shape index (κ2) is 8.78. The molecule has 0 saturated heterocycles. The van der Waals surface area contributed by atoms with E-state index in [1.54, 1.807) is 11.3 Å². The second-order valence-electron chi connectivity index (χ2n) is 5.66. The summed E-state index contributed by atoms with van der Waals surface area (Å²) in [6.45, 7) is 8.41. The number of thiophene rings is 1. The maximum absolute atomic E-state index is 12.5. The van der Waals surface area contributed by atoms with Gasteiger partial charge in [-0.3, -0.25) is 4.57 Å². The summed E-state index contributed by atoms with van der Waals surface area (Å²) in [4.78, 5) is 10.6. The molecule has 1 rings (SSSR count). The van der Waals surface area contributed by atoms with Crippen molar-refractivity contribution in [3.63, 3.8) is 0 Å². The number of hydrogen-bond donors (Lipinski definition) is 1. The normalized spacial score (nSPS) is 14.7. The van der Waals surface area contributed by atoms with Crippen LogP contribution in [0.5, 0.6) is 0 Å². The van der Waals surface area contributed by atoms with Crippen LogP contribution < -0.4 is 0 Å². The molecule has 1 heterocycles. The summed E-state index contributed by atoms with van der Waals surface area (Å²) >= 11 is 1.57. The van der Waals surface area contributed by atoms with E-state index in [0.717, 1.165) is 28.2 Å². The van der Waals surface area contributed by atoms with E-state index in [4.69, 9.17) is 9.63 Å². The molecule has 0 saturated carbocycles. The van der Waals surface area contributed by atoms with Crippen molar-refractivity contribution in [1.82, 2.24) is 0 Å². The fraction of sp³-hybridized carbons (Fsp3) is 0.500. The van der Waals surface area contributed by atoms with Gasteiger partial charge in [0.25, 0.3) is 0 Å². The molecule has 3 nitrogen and oxygen atoms in total. The van der Waals surface area contributed by atoms with Crippen LogP contribution in [0, 0.1) is 6.92 Å². The minimum atomic E-state index is -4.59. The summed E-state index contributed by atoms with van der Waals surface area (Å²) < 4.78 is 28.0. The predicted molar refractivity (Wildman–Crippen MR) is 92.0 cm³/mol. The Hall–Kier alpha value is -0.740. The highest BCUT2D eigenvalue weighted by molar-refractivity contribution is 7.52. The molecular weight excluding hydrogens is 322 g/mol. The molecule has 0 fully saturated rings. The van der Waals surface area contributed by atoms with Crippen LogP contribution in [0.2, 0.25) is 0 Å². The van der Waals surface area contributed by atoms with Crippen LogP contribution in [-0.2, 0) is 15.9 Å². The molecule has 124 valence electrons. The summed E-state index contributed by atoms with van der Waals surface area (Å²) in [7, 11) is -4.59. The van der Waals surface area contributed by atoms with Crippen molar-refractivity contribution in [1.29, 1.82) is 0 Å². The molecule has 0 spiro atoms. The lowest BCUT2D eigenvalue weighted by molar-refractivity contribution is 0.152. The largest absolute Gasteiger partial charge is 0.389 e. The van der Waals surface area contributed by atoms with Gasteiger partial charge in [-0.05, 0) is 58.2 Å². The molecule has 6 heteroatoms. The lowest BCUT2D eigenvalue weighted by Gasteiger charge is -2.03. The zero-order valence-electron chi connectivity index (χ0n) is 13.6. The molecule has 1 aromatic heterocycles. The molecule has 1 unspecified atom stereocenters. The zero-order chi connectivity index (χ0) is 16.8. The molecule has 0 amide bonds. The quantitative estimate of drug-likeness (QED) is 0.475. The Morgan fingerprint density at radius 1 is 1.45 bits per heavy atom. The van der Waals surface area contributed by atoms with Crippen LogP contribution in [0.15, 0.2) is 23.3 Å². The fourth-order valence-electron chi connectivity index (χ4n) is 1.91. The monoisotopic (exact) mass is 346 g/mol. The lowest BCUT2D eigenvalue weighted by Crippen LogP contribution is -1.93. The summed E-state index contributed by atoms with van der Waals surface area (Å²) in [6, 6.07) is 2.06. The van der Waals surface area contributed by atoms with E-state index in [1.807, 2.05) is 6.92 Å². The number of aryl methyl sites for hydroxylation is 1. The highest BCUT2D eigenvalue weighted by Crippen LogP contribution is 2.42. The summed E-state index contributed by atoms with van der Waals surface area (Å²) in [5, 5.41) is 0. The molecule has 22 heavy (non-hydrogen) atoms. The van der Waals surface area contributed by atoms with Gasteiger partial charge in [-0.15, -0.1) is 11.3 Å². The second-order valence-corrected chi connectivity index (χ2v) is 8.32. The van der Waals surface area contributed by atoms with E-state index in [9.17, 15) is 8.76 Å². The van der Waals surface area contributed by atoms with Gasteiger partial charge in [-0.1, -0.05) is 17.2 Å². The predicted octanol–water partition coefficient (Wildman–Crippen LogP) is 5.84. The number of halogens is 1. The maximum Gasteiger partial charge on any atom is 0.389 e. The summed E-state index contributed by atoms with van der Waals surface area (Å²) in [5.74, 6) is 0. The van der Waals surface area contributed by atoms with Crippen molar-refractivity contribution >= 4 is 25.1 Å². The van der Waals surface area contributed by atoms with Gasteiger partial charge in [0, 0.05) is 9.75 Å². The molecule has 1 aromatic rings. The third-order valence-electron chi connectivity index (χ3n) is 3.00. The average molecular weight is 346 g/mol. The van der Waals surface area contributed by atoms with E-state index in [-0.39, 0.29) is 6.61 Å². The van der Waals surface area contributed by atoms with Gasteiger partial charge in [-0.2, -0.15) is 4.20 Å². The number of ether oxygens (including phenoxy) is 1. The highest BCUT2D eigenvalue weighted by atomic mass is 32.1. The van der Waals surface area contributed by atoms with Crippen LogP contribution in [0.1, 0.15) is 48.9 Å². The summed E-state index contributed by atoms with van der Waals surface area (Å²) in [6.07, 6.45) is 5.67. The Bertz CT molecular complexity index is 595. The number of allylic oxidation sites excluding steroid dienone is 3. The molecule has 0 bridgehead atoms. The highest BCUT2D eigenvalue weighted by Gasteiger charge is 2.16. The minimum Gasteiger partial charge on any atom is -0.363 e. The standard InChI is InChI=1S/C16H24FO3PS/c1-12(2)6-5-7-13(3)8-15-9-14(4)16(22-15)10-20-11-21(17,18)19/h6,8-9H,5,7,10-11H2,1-4H3,(H,18,19)/b13-8+. The van der Waals surface area contributed by atoms with E-state index in [1.165, 1.54) is 11.1 Å². The Morgan fingerprint density at radius 2 is 2.14 bits per heavy atom. The average Bonchev–Trinajstić information content (AvgIpc) is 2.67. The zero-order valence-corrected chi connectivity index (χ0v) is 15.3. The first-order chi connectivity index (χ1) is 10.2. The Balaban J connectivity index is 2.60. The smallest absolute Gasteiger partial charge is 0.363 e. The number of rotatable bonds is 8. The Kier molecular flexibility index (Phi) is 7.70. The third-order valence-corrected chi connectivity index (χ3v) is 4.66. The van der Waals surface area contributed by atoms with Gasteiger partial charge >= 0.3 is 7.68 Å². The SMILES string of the molecule is CC(C)=CCC/C(C)=C/c1cc(C)c(COCP(=O)(O)F)s1. The molecule has 0 aliphatic carbocycles. The van der Waals surface area contributed by atoms with Gasteiger partial charge < -0.3 is 9.63 Å². The van der Waals surface area contributed by atoms with Gasteiger partial charge in [0.15, 0.2) is 6.35 Å². The number of hydrogen-bond acceptors (Lipinski definition) is 3. The van der Waals surface area contributed by atoms with Gasteiger partial charge in [-0.25, -0.2) is 0 Å². The van der Waals surface area contributed by atoms with Gasteiger partial charge in [0.1, 0.15) is 0 Å². The molecule has 1 N–H and O–H groups in total. The lowest BCUT2D eigenvalue weighted by atomic mass is 10.1. The topological polar surface area (TPSA) is 46.5 Å². The summed E-state index contributed by atoms with van der Waals surface area (Å²) in [5.41, 5.74) is 3.68. The maximum atomic E-state index is 12.5. The van der Waals surface area contributed by atoms with Crippen LogP contribution in [0.3, 0.4) is 0 Å². The first kappa shape index (κ1) is 19.3. The molecule has 0 aliphatic heterocycles. The van der Waals surface area contributed by atoms with E-state index in [0.29, 0.717) is 0 Å². The van der Waals surface area contributed by atoms with Crippen molar-refractivity contribution in [3.05, 3.63) is 38.6 Å². The van der Waals surface area contributed by atoms with Crippen LogP contribution >= 0.6 is 19.0 Å². The van der Waals surface area contributed by atoms with Crippen molar-refractivity contribution in [2.24, 2.45) is 0 Å². The van der Waals surface area contributed by atoms with Crippen molar-refractivity contribution < 1.29 is 18.4 Å². The minimum absolute atomic E-state index is 0.162. The van der Waals surface area contributed by atoms with Crippen LogP contribution in [0.4, 0.5) is 4.20 Å². The van der Waals surface area contributed by atoms with Gasteiger partial charge in [0.05, 0.1) is 6.61 Å². The Morgan fingerprint density at radius 3 is 2.73 bits per heavy atom. The van der Waals surface area contributed by atoms with Crippen LogP contribution in [0.25, 0.3) is 6.08 Å². The Labute approximate surface area is 136 Å². The first-order valence-corrected chi connectivity index (χ1v) is 9.71. The van der Waals surface area contributed by atoms with Crippen molar-refractivity contribution in [3.8, 4) is 0 Å². The third kappa shape index (κ3) is 8.04. The van der Waals surface area contributed by atoms with Crippen LogP contribution in [-0.4, -0.2) is 11.2 Å². The fourth-order valence-corrected chi connectivity index (χ4v) is 3.37. The van der Waals surface area contributed by atoms with Crippen molar-refractivity contribution in [2.75, 3.05) is 6.35 Å². The van der Waals surface area contributed by atoms with E-state index < -0.39 is 14.0 Å². The molecule has 0 aliphatic rings.